The predicted octanol–water partition coefficient (Wildman–Crippen LogP) is 3.56. The van der Waals surface area contributed by atoms with Crippen LogP contribution in [0.15, 0.2) is 23.2 Å². The van der Waals surface area contributed by atoms with Gasteiger partial charge in [0.1, 0.15) is 0 Å². The highest BCUT2D eigenvalue weighted by molar-refractivity contribution is 14.0. The fraction of sp³-hybridized carbons (Fsp3) is 0.650. The zero-order valence-corrected chi connectivity index (χ0v) is 21.0. The second-order valence-electron chi connectivity index (χ2n) is 7.10. The third-order valence-corrected chi connectivity index (χ3v) is 5.35. The molecule has 1 aromatic carbocycles. The normalized spacial score (nSPS) is 16.9. The highest BCUT2D eigenvalue weighted by atomic mass is 127. The van der Waals surface area contributed by atoms with Crippen LogP contribution in [-0.2, 0) is 4.74 Å². The van der Waals surface area contributed by atoms with E-state index >= 15 is 0 Å². The number of aliphatic imine (C=N–C) groups is 1. The minimum absolute atomic E-state index is 0. The Hall–Kier alpha value is -0.320. The molecule has 1 aliphatic rings. The molecule has 0 bridgehead atoms. The lowest BCUT2D eigenvalue weighted by Crippen LogP contribution is -2.43. The predicted molar refractivity (Wildman–Crippen MR) is 132 cm³/mol. The minimum Gasteiger partial charge on any atom is -0.386 e. The van der Waals surface area contributed by atoms with E-state index in [2.05, 4.69) is 20.5 Å². The summed E-state index contributed by atoms with van der Waals surface area (Å²) >= 11 is 12.0. The molecule has 0 spiro atoms. The average Bonchev–Trinajstić information content (AvgIpc) is 2.68. The Morgan fingerprint density at radius 1 is 1.24 bits per heavy atom. The van der Waals surface area contributed by atoms with E-state index in [4.69, 9.17) is 27.9 Å². The molecular weight excluding hydrogens is 526 g/mol. The van der Waals surface area contributed by atoms with Crippen LogP contribution in [0.1, 0.15) is 31.4 Å². The molecular formula is C20H33Cl2IN4O2. The van der Waals surface area contributed by atoms with Crippen molar-refractivity contribution in [3.05, 3.63) is 33.8 Å². The number of rotatable bonds is 9. The number of hydrogen-bond acceptors (Lipinski definition) is 4. The van der Waals surface area contributed by atoms with Gasteiger partial charge >= 0.3 is 0 Å². The monoisotopic (exact) mass is 558 g/mol. The van der Waals surface area contributed by atoms with Gasteiger partial charge in [0, 0.05) is 36.8 Å². The van der Waals surface area contributed by atoms with Gasteiger partial charge < -0.3 is 25.4 Å². The van der Waals surface area contributed by atoms with E-state index < -0.39 is 6.10 Å². The van der Waals surface area contributed by atoms with Gasteiger partial charge in [0.05, 0.1) is 19.3 Å². The van der Waals surface area contributed by atoms with Crippen molar-refractivity contribution in [2.45, 2.75) is 25.9 Å². The molecule has 1 heterocycles. The average molecular weight is 559 g/mol. The fourth-order valence-electron chi connectivity index (χ4n) is 3.27. The molecule has 0 saturated carbocycles. The second kappa shape index (κ2) is 14.6. The number of hydrogen-bond donors (Lipinski definition) is 3. The summed E-state index contributed by atoms with van der Waals surface area (Å²) in [5.74, 6) is 1.34. The largest absolute Gasteiger partial charge is 0.386 e. The van der Waals surface area contributed by atoms with Crippen molar-refractivity contribution >= 4 is 53.1 Å². The van der Waals surface area contributed by atoms with Gasteiger partial charge in [0.25, 0.3) is 0 Å². The number of piperidine rings is 1. The number of nitrogens with zero attached hydrogens (tertiary/aromatic N) is 2. The van der Waals surface area contributed by atoms with E-state index in [0.717, 1.165) is 45.3 Å². The second-order valence-corrected chi connectivity index (χ2v) is 7.97. The van der Waals surface area contributed by atoms with Gasteiger partial charge in [-0.15, -0.1) is 24.0 Å². The first-order valence-electron chi connectivity index (χ1n) is 9.89. The summed E-state index contributed by atoms with van der Waals surface area (Å²) in [4.78, 5) is 6.97. The van der Waals surface area contributed by atoms with Crippen molar-refractivity contribution in [3.8, 4) is 0 Å². The third-order valence-electron chi connectivity index (χ3n) is 4.91. The van der Waals surface area contributed by atoms with E-state index in [9.17, 15) is 5.11 Å². The first-order valence-corrected chi connectivity index (χ1v) is 10.6. The Labute approximate surface area is 201 Å². The van der Waals surface area contributed by atoms with E-state index in [1.807, 2.05) is 6.92 Å². The Balaban J connectivity index is 0.00000420. The molecule has 0 amide bonds. The van der Waals surface area contributed by atoms with Crippen LogP contribution in [0, 0.1) is 5.92 Å². The van der Waals surface area contributed by atoms with Crippen molar-refractivity contribution in [2.24, 2.45) is 10.9 Å². The molecule has 0 aliphatic carbocycles. The molecule has 1 aromatic rings. The summed E-state index contributed by atoms with van der Waals surface area (Å²) in [7, 11) is 1.75. The third kappa shape index (κ3) is 10.0. The highest BCUT2D eigenvalue weighted by Crippen LogP contribution is 2.23. The van der Waals surface area contributed by atoms with Gasteiger partial charge in [-0.25, -0.2) is 0 Å². The van der Waals surface area contributed by atoms with E-state index in [1.54, 1.807) is 25.3 Å². The summed E-state index contributed by atoms with van der Waals surface area (Å²) in [6.45, 7) is 7.92. The summed E-state index contributed by atoms with van der Waals surface area (Å²) in [5.41, 5.74) is 0.667. The minimum atomic E-state index is -0.754. The van der Waals surface area contributed by atoms with Crippen LogP contribution in [0.4, 0.5) is 0 Å². The zero-order valence-electron chi connectivity index (χ0n) is 17.2. The number of likely N-dealkylation sites (tertiary alicyclic amines) is 1. The van der Waals surface area contributed by atoms with Crippen LogP contribution in [0.3, 0.4) is 0 Å². The molecule has 166 valence electrons. The van der Waals surface area contributed by atoms with Gasteiger partial charge in [0.2, 0.25) is 0 Å². The van der Waals surface area contributed by atoms with Gasteiger partial charge in [-0.05, 0) is 62.5 Å². The molecule has 2 rings (SSSR count). The topological polar surface area (TPSA) is 69.1 Å². The maximum atomic E-state index is 10.4. The number of methoxy groups -OCH3 is 1. The van der Waals surface area contributed by atoms with Crippen molar-refractivity contribution in [2.75, 3.05) is 53.0 Å². The molecule has 29 heavy (non-hydrogen) atoms. The maximum Gasteiger partial charge on any atom is 0.191 e. The van der Waals surface area contributed by atoms with Gasteiger partial charge in [-0.1, -0.05) is 23.2 Å². The van der Waals surface area contributed by atoms with E-state index in [-0.39, 0.29) is 30.5 Å². The maximum absolute atomic E-state index is 10.4. The Kier molecular flexibility index (Phi) is 13.5. The smallest absolute Gasteiger partial charge is 0.191 e. The van der Waals surface area contributed by atoms with Crippen LogP contribution in [0.2, 0.25) is 10.0 Å². The standard InChI is InChI=1S/C20H32Cl2N4O2.HI/c1-3-23-20(24-13-15-4-6-26(7-5-15)8-9-28-2)25-14-19(27)16-10-17(21)12-18(22)11-16;/h10-12,15,19,27H,3-9,13-14H2,1-2H3,(H2,23,24,25);1H. The van der Waals surface area contributed by atoms with Crippen molar-refractivity contribution in [1.29, 1.82) is 0 Å². The van der Waals surface area contributed by atoms with Gasteiger partial charge in [-0.3, -0.25) is 4.99 Å². The summed E-state index contributed by atoms with van der Waals surface area (Å²) in [5, 5.41) is 18.1. The molecule has 9 heteroatoms. The number of nitrogens with one attached hydrogen (secondary N) is 2. The lowest BCUT2D eigenvalue weighted by atomic mass is 9.97. The molecule has 1 unspecified atom stereocenters. The SMILES string of the molecule is CCNC(=NCC(O)c1cc(Cl)cc(Cl)c1)NCC1CCN(CCOC)CC1.I. The van der Waals surface area contributed by atoms with Crippen molar-refractivity contribution in [1.82, 2.24) is 15.5 Å². The van der Waals surface area contributed by atoms with Crippen LogP contribution in [0.25, 0.3) is 0 Å². The summed E-state index contributed by atoms with van der Waals surface area (Å²) < 4.78 is 5.16. The number of benzene rings is 1. The van der Waals surface area contributed by atoms with E-state index in [1.165, 1.54) is 12.8 Å². The Morgan fingerprint density at radius 3 is 2.48 bits per heavy atom. The lowest BCUT2D eigenvalue weighted by molar-refractivity contribution is 0.121. The molecule has 0 aromatic heterocycles. The number of guanidine groups is 1. The first-order chi connectivity index (χ1) is 13.5. The Bertz CT molecular complexity index is 608. The highest BCUT2D eigenvalue weighted by Gasteiger charge is 2.19. The van der Waals surface area contributed by atoms with Gasteiger partial charge in [0.15, 0.2) is 5.96 Å². The molecule has 1 aliphatic heterocycles. The van der Waals surface area contributed by atoms with Gasteiger partial charge in [-0.2, -0.15) is 0 Å². The van der Waals surface area contributed by atoms with E-state index in [0.29, 0.717) is 21.5 Å². The number of aliphatic hydroxyl groups is 1. The molecule has 1 saturated heterocycles. The first kappa shape index (κ1) is 26.7. The van der Waals surface area contributed by atoms with Crippen molar-refractivity contribution < 1.29 is 9.84 Å². The lowest BCUT2D eigenvalue weighted by Gasteiger charge is -2.32. The number of halogens is 3. The molecule has 3 N–H and O–H groups in total. The van der Waals surface area contributed by atoms with Crippen LogP contribution in [0.5, 0.6) is 0 Å². The molecule has 0 radical (unpaired) electrons. The number of aliphatic hydroxyl groups excluding tert-OH is 1. The molecule has 6 nitrogen and oxygen atoms in total. The van der Waals surface area contributed by atoms with Crippen LogP contribution >= 0.6 is 47.2 Å². The molecule has 1 atom stereocenters. The fourth-order valence-corrected chi connectivity index (χ4v) is 3.81. The summed E-state index contributed by atoms with van der Waals surface area (Å²) in [6.07, 6.45) is 1.58. The molecule has 1 fully saturated rings. The van der Waals surface area contributed by atoms with Crippen LogP contribution < -0.4 is 10.6 Å². The Morgan fingerprint density at radius 2 is 1.90 bits per heavy atom. The van der Waals surface area contributed by atoms with Crippen LogP contribution in [-0.4, -0.2) is 69.0 Å². The quantitative estimate of drug-likeness (QED) is 0.246. The van der Waals surface area contributed by atoms with Crippen molar-refractivity contribution in [3.63, 3.8) is 0 Å². The summed E-state index contributed by atoms with van der Waals surface area (Å²) in [6, 6.07) is 5.07. The number of ether oxygens (including phenoxy) is 1. The zero-order chi connectivity index (χ0) is 20.4.